The van der Waals surface area contributed by atoms with Crippen LogP contribution in [0, 0.1) is 11.3 Å². The molecule has 1 aliphatic heterocycles. The molecule has 1 saturated carbocycles. The number of hydrogen-bond donors (Lipinski definition) is 2. The summed E-state index contributed by atoms with van der Waals surface area (Å²) < 4.78 is 0.827. The van der Waals surface area contributed by atoms with Crippen molar-refractivity contribution in [3.05, 3.63) is 27.7 Å². The van der Waals surface area contributed by atoms with Gasteiger partial charge in [-0.15, -0.1) is 0 Å². The first-order valence-corrected chi connectivity index (χ1v) is 7.74. The van der Waals surface area contributed by atoms with E-state index in [1.54, 1.807) is 12.1 Å². The van der Waals surface area contributed by atoms with Gasteiger partial charge in [0.15, 0.2) is 0 Å². The summed E-state index contributed by atoms with van der Waals surface area (Å²) in [5.74, 6) is 0.321. The van der Waals surface area contributed by atoms with Gasteiger partial charge in [0, 0.05) is 15.4 Å². The van der Waals surface area contributed by atoms with E-state index in [9.17, 15) is 4.79 Å². The molecule has 2 aliphatic rings. The first-order chi connectivity index (χ1) is 9.11. The van der Waals surface area contributed by atoms with Crippen molar-refractivity contribution in [2.45, 2.75) is 19.3 Å². The Bertz CT molecular complexity index is 514. The second kappa shape index (κ2) is 5.08. The zero-order valence-electron chi connectivity index (χ0n) is 10.5. The second-order valence-corrected chi connectivity index (χ2v) is 6.77. The summed E-state index contributed by atoms with van der Waals surface area (Å²) in [4.78, 5) is 12.3. The number of amides is 1. The van der Waals surface area contributed by atoms with E-state index < -0.39 is 0 Å². The van der Waals surface area contributed by atoms with Gasteiger partial charge in [-0.2, -0.15) is 0 Å². The van der Waals surface area contributed by atoms with Crippen molar-refractivity contribution in [2.24, 2.45) is 11.3 Å². The minimum Gasteiger partial charge on any atom is -0.325 e. The third-order valence-electron chi connectivity index (χ3n) is 4.29. The van der Waals surface area contributed by atoms with E-state index in [0.29, 0.717) is 5.02 Å². The average molecular weight is 344 g/mol. The van der Waals surface area contributed by atoms with Crippen molar-refractivity contribution in [3.8, 4) is 0 Å². The summed E-state index contributed by atoms with van der Waals surface area (Å²) in [5, 5.41) is 7.02. The van der Waals surface area contributed by atoms with Gasteiger partial charge in [0.1, 0.15) is 0 Å². The fraction of sp³-hybridized carbons (Fsp3) is 0.500. The molecule has 1 aliphatic carbocycles. The van der Waals surface area contributed by atoms with E-state index in [0.717, 1.165) is 42.5 Å². The lowest BCUT2D eigenvalue weighted by Crippen LogP contribution is -2.31. The Hall–Kier alpha value is -0.580. The Morgan fingerprint density at radius 3 is 2.84 bits per heavy atom. The number of carbonyl (C=O) groups is 1. The number of carbonyl (C=O) groups excluding carboxylic acids is 1. The molecule has 3 nitrogen and oxygen atoms in total. The standard InChI is InChI=1S/C14H16BrClN2O/c15-11-7-9(16)1-2-12(11)18-13(19)10-8-14(10)3-5-17-6-4-14/h1-2,7,10,17H,3-6,8H2,(H,18,19). The number of rotatable bonds is 2. The predicted molar refractivity (Wildman–Crippen MR) is 80.4 cm³/mol. The molecule has 2 N–H and O–H groups in total. The molecule has 3 rings (SSSR count). The molecular weight excluding hydrogens is 328 g/mol. The predicted octanol–water partition coefficient (Wildman–Crippen LogP) is 3.43. The van der Waals surface area contributed by atoms with Crippen LogP contribution in [0.3, 0.4) is 0 Å². The van der Waals surface area contributed by atoms with Gasteiger partial charge in [-0.3, -0.25) is 4.79 Å². The maximum atomic E-state index is 12.3. The number of benzene rings is 1. The summed E-state index contributed by atoms with van der Waals surface area (Å²) in [7, 11) is 0. The largest absolute Gasteiger partial charge is 0.325 e. The fourth-order valence-electron chi connectivity index (χ4n) is 3.01. The van der Waals surface area contributed by atoms with E-state index in [4.69, 9.17) is 11.6 Å². The molecule has 1 atom stereocenters. The molecule has 1 spiro atoms. The van der Waals surface area contributed by atoms with Crippen LogP contribution in [-0.2, 0) is 4.79 Å². The highest BCUT2D eigenvalue weighted by atomic mass is 79.9. The Labute approximate surface area is 126 Å². The van der Waals surface area contributed by atoms with Gasteiger partial charge in [-0.1, -0.05) is 11.6 Å². The maximum absolute atomic E-state index is 12.3. The minimum atomic E-state index is 0.143. The van der Waals surface area contributed by atoms with Crippen LogP contribution in [-0.4, -0.2) is 19.0 Å². The van der Waals surface area contributed by atoms with Crippen molar-refractivity contribution in [1.29, 1.82) is 0 Å². The smallest absolute Gasteiger partial charge is 0.228 e. The van der Waals surface area contributed by atoms with Crippen LogP contribution in [0.15, 0.2) is 22.7 Å². The van der Waals surface area contributed by atoms with Crippen molar-refractivity contribution in [2.75, 3.05) is 18.4 Å². The average Bonchev–Trinajstić information content (AvgIpc) is 3.07. The third-order valence-corrected chi connectivity index (χ3v) is 5.19. The molecule has 1 unspecified atom stereocenters. The number of anilines is 1. The van der Waals surface area contributed by atoms with Crippen LogP contribution in [0.5, 0.6) is 0 Å². The number of nitrogens with one attached hydrogen (secondary N) is 2. The van der Waals surface area contributed by atoms with Crippen LogP contribution in [0.25, 0.3) is 0 Å². The van der Waals surface area contributed by atoms with Crippen LogP contribution in [0.4, 0.5) is 5.69 Å². The number of halogens is 2. The van der Waals surface area contributed by atoms with Gasteiger partial charge in [0.05, 0.1) is 5.69 Å². The normalized spacial score (nSPS) is 24.2. The summed E-state index contributed by atoms with van der Waals surface area (Å²) in [5.41, 5.74) is 1.07. The molecule has 1 heterocycles. The van der Waals surface area contributed by atoms with Crippen molar-refractivity contribution >= 4 is 39.1 Å². The lowest BCUT2D eigenvalue weighted by Gasteiger charge is -2.23. The van der Waals surface area contributed by atoms with Crippen molar-refractivity contribution < 1.29 is 4.79 Å². The van der Waals surface area contributed by atoms with Crippen LogP contribution >= 0.6 is 27.5 Å². The fourth-order valence-corrected chi connectivity index (χ4v) is 3.79. The van der Waals surface area contributed by atoms with E-state index in [-0.39, 0.29) is 17.2 Å². The lowest BCUT2D eigenvalue weighted by atomic mass is 9.92. The van der Waals surface area contributed by atoms with E-state index in [1.807, 2.05) is 6.07 Å². The molecular formula is C14H16BrClN2O. The van der Waals surface area contributed by atoms with Crippen molar-refractivity contribution in [1.82, 2.24) is 5.32 Å². The highest BCUT2D eigenvalue weighted by molar-refractivity contribution is 9.10. The third kappa shape index (κ3) is 2.67. The number of piperidine rings is 1. The molecule has 102 valence electrons. The topological polar surface area (TPSA) is 41.1 Å². The Kier molecular flexibility index (Phi) is 3.58. The van der Waals surface area contributed by atoms with Crippen LogP contribution in [0.1, 0.15) is 19.3 Å². The summed E-state index contributed by atoms with van der Waals surface area (Å²) in [6, 6.07) is 5.42. The Morgan fingerprint density at radius 1 is 1.42 bits per heavy atom. The molecule has 0 radical (unpaired) electrons. The molecule has 1 amide bonds. The zero-order valence-corrected chi connectivity index (χ0v) is 12.9. The zero-order chi connectivity index (χ0) is 13.5. The van der Waals surface area contributed by atoms with Gasteiger partial charge in [0.2, 0.25) is 5.91 Å². The number of hydrogen-bond acceptors (Lipinski definition) is 2. The highest BCUT2D eigenvalue weighted by Crippen LogP contribution is 2.58. The molecule has 0 aromatic heterocycles. The molecule has 1 saturated heterocycles. The summed E-state index contributed by atoms with van der Waals surface area (Å²) >= 11 is 9.32. The van der Waals surface area contributed by atoms with Crippen LogP contribution < -0.4 is 10.6 Å². The molecule has 0 bridgehead atoms. The Morgan fingerprint density at radius 2 is 2.16 bits per heavy atom. The van der Waals surface area contributed by atoms with Gasteiger partial charge in [-0.05, 0) is 71.9 Å². The first-order valence-electron chi connectivity index (χ1n) is 6.57. The van der Waals surface area contributed by atoms with Gasteiger partial charge < -0.3 is 10.6 Å². The molecule has 1 aromatic carbocycles. The van der Waals surface area contributed by atoms with Crippen LogP contribution in [0.2, 0.25) is 5.02 Å². The first kappa shape index (κ1) is 13.4. The molecule has 19 heavy (non-hydrogen) atoms. The monoisotopic (exact) mass is 342 g/mol. The lowest BCUT2D eigenvalue weighted by molar-refractivity contribution is -0.118. The maximum Gasteiger partial charge on any atom is 0.228 e. The van der Waals surface area contributed by atoms with Crippen molar-refractivity contribution in [3.63, 3.8) is 0 Å². The van der Waals surface area contributed by atoms with Gasteiger partial charge in [-0.25, -0.2) is 0 Å². The quantitative estimate of drug-likeness (QED) is 0.864. The summed E-state index contributed by atoms with van der Waals surface area (Å²) in [6.07, 6.45) is 3.27. The minimum absolute atomic E-state index is 0.143. The second-order valence-electron chi connectivity index (χ2n) is 5.48. The highest BCUT2D eigenvalue weighted by Gasteiger charge is 2.57. The van der Waals surface area contributed by atoms with Gasteiger partial charge in [0.25, 0.3) is 0 Å². The van der Waals surface area contributed by atoms with E-state index in [1.165, 1.54) is 0 Å². The summed E-state index contributed by atoms with van der Waals surface area (Å²) in [6.45, 7) is 2.07. The molecule has 2 fully saturated rings. The molecule has 5 heteroatoms. The molecule has 1 aromatic rings. The Balaban J connectivity index is 1.66. The van der Waals surface area contributed by atoms with E-state index in [2.05, 4.69) is 26.6 Å². The van der Waals surface area contributed by atoms with Gasteiger partial charge >= 0.3 is 0 Å². The SMILES string of the molecule is O=C(Nc1ccc(Cl)cc1Br)C1CC12CCNCC2. The van der Waals surface area contributed by atoms with E-state index >= 15 is 0 Å².